The predicted molar refractivity (Wildman–Crippen MR) is 158 cm³/mol. The monoisotopic (exact) mass is 524 g/mol. The van der Waals surface area contributed by atoms with Gasteiger partial charge in [-0.3, -0.25) is 0 Å². The van der Waals surface area contributed by atoms with Crippen molar-refractivity contribution in [2.24, 2.45) is 0 Å². The molecule has 0 amide bonds. The van der Waals surface area contributed by atoms with Gasteiger partial charge in [-0.2, -0.15) is 0 Å². The Morgan fingerprint density at radius 2 is 0.658 bits per heavy atom. The van der Waals surface area contributed by atoms with Gasteiger partial charge in [-0.25, -0.2) is 0 Å². The number of phenolic OH excluding ortho intramolecular Hbond substituents is 2. The number of aromatic hydroxyl groups is 2. The number of ether oxygens (including phenoxy) is 2. The van der Waals surface area contributed by atoms with E-state index < -0.39 is 0 Å². The van der Waals surface area contributed by atoms with E-state index in [0.29, 0.717) is 11.5 Å². The van der Waals surface area contributed by atoms with E-state index in [1.165, 1.54) is 77.0 Å². The van der Waals surface area contributed by atoms with Crippen LogP contribution in [0.25, 0.3) is 0 Å². The molecule has 2 aromatic rings. The molecule has 4 bridgehead atoms. The second kappa shape index (κ2) is 17.3. The van der Waals surface area contributed by atoms with Crippen LogP contribution in [-0.4, -0.2) is 24.4 Å². The summed E-state index contributed by atoms with van der Waals surface area (Å²) < 4.78 is 11.4. The number of aryl methyl sites for hydroxylation is 4. The molecule has 0 saturated carbocycles. The Labute approximate surface area is 231 Å². The molecular formula is C34H52O4. The highest BCUT2D eigenvalue weighted by molar-refractivity contribution is 5.47. The van der Waals surface area contributed by atoms with E-state index in [9.17, 15) is 10.2 Å². The van der Waals surface area contributed by atoms with Crippen molar-refractivity contribution in [2.75, 3.05) is 14.2 Å². The zero-order valence-electron chi connectivity index (χ0n) is 24.2. The SMILES string of the molecule is COc1cc2c(O)cc1CCCCCCCCCCc1cc(OC)c(cc1O)CCCCCCCCCC2. The fourth-order valence-corrected chi connectivity index (χ4v) is 5.86. The van der Waals surface area contributed by atoms with Crippen LogP contribution in [0.5, 0.6) is 23.0 Å². The second-order valence-corrected chi connectivity index (χ2v) is 11.2. The zero-order valence-corrected chi connectivity index (χ0v) is 24.2. The average molecular weight is 525 g/mol. The molecule has 0 unspecified atom stereocenters. The molecule has 0 aliphatic heterocycles. The lowest BCUT2D eigenvalue weighted by Gasteiger charge is -2.13. The Balaban J connectivity index is 1.54. The Hall–Kier alpha value is -2.36. The van der Waals surface area contributed by atoms with E-state index in [0.717, 1.165) is 85.1 Å². The first kappa shape index (κ1) is 30.2. The van der Waals surface area contributed by atoms with Gasteiger partial charge in [0.05, 0.1) is 14.2 Å². The fraction of sp³-hybridized carbons (Fsp3) is 0.647. The van der Waals surface area contributed by atoms with Crippen LogP contribution >= 0.6 is 0 Å². The Morgan fingerprint density at radius 1 is 0.395 bits per heavy atom. The van der Waals surface area contributed by atoms with E-state index in [1.807, 2.05) is 12.1 Å². The summed E-state index contributed by atoms with van der Waals surface area (Å²) in [5.41, 5.74) is 4.31. The number of phenols is 2. The maximum absolute atomic E-state index is 10.6. The molecule has 4 aliphatic rings. The van der Waals surface area contributed by atoms with Crippen LogP contribution in [0.4, 0.5) is 0 Å². The largest absolute Gasteiger partial charge is 0.508 e. The highest BCUT2D eigenvalue weighted by atomic mass is 16.5. The molecule has 2 aromatic carbocycles. The summed E-state index contributed by atoms with van der Waals surface area (Å²) in [4.78, 5) is 0. The van der Waals surface area contributed by atoms with E-state index in [2.05, 4.69) is 12.1 Å². The molecule has 6 rings (SSSR count). The Kier molecular flexibility index (Phi) is 13.7. The molecule has 4 heteroatoms. The van der Waals surface area contributed by atoms with Crippen molar-refractivity contribution in [3.8, 4) is 23.0 Å². The van der Waals surface area contributed by atoms with Crippen LogP contribution < -0.4 is 9.47 Å². The molecule has 38 heavy (non-hydrogen) atoms. The summed E-state index contributed by atoms with van der Waals surface area (Å²) in [6.07, 6.45) is 23.1. The third-order valence-corrected chi connectivity index (χ3v) is 8.25. The van der Waals surface area contributed by atoms with Gasteiger partial charge in [0.1, 0.15) is 23.0 Å². The molecule has 4 nitrogen and oxygen atoms in total. The first-order valence-electron chi connectivity index (χ1n) is 15.4. The molecule has 0 atom stereocenters. The molecule has 0 saturated heterocycles. The third-order valence-electron chi connectivity index (χ3n) is 8.25. The number of methoxy groups -OCH3 is 2. The topological polar surface area (TPSA) is 58.9 Å². The minimum atomic E-state index is 0.438. The van der Waals surface area contributed by atoms with Crippen molar-refractivity contribution in [3.63, 3.8) is 0 Å². The fourth-order valence-electron chi connectivity index (χ4n) is 5.86. The maximum Gasteiger partial charge on any atom is 0.122 e. The minimum Gasteiger partial charge on any atom is -0.508 e. The lowest BCUT2D eigenvalue weighted by Crippen LogP contribution is -1.97. The molecule has 2 N–H and O–H groups in total. The van der Waals surface area contributed by atoms with Crippen LogP contribution in [0, 0.1) is 0 Å². The summed E-state index contributed by atoms with van der Waals surface area (Å²) in [5, 5.41) is 21.2. The van der Waals surface area contributed by atoms with Crippen molar-refractivity contribution in [2.45, 2.75) is 128 Å². The van der Waals surface area contributed by atoms with Crippen molar-refractivity contribution < 1.29 is 19.7 Å². The molecule has 212 valence electrons. The highest BCUT2D eigenvalue weighted by Gasteiger charge is 2.12. The van der Waals surface area contributed by atoms with Gasteiger partial charge in [0.25, 0.3) is 0 Å². The smallest absolute Gasteiger partial charge is 0.122 e. The van der Waals surface area contributed by atoms with Crippen LogP contribution in [-0.2, 0) is 25.7 Å². The van der Waals surface area contributed by atoms with E-state index in [-0.39, 0.29) is 0 Å². The molecule has 0 heterocycles. The third kappa shape index (κ3) is 10.1. The molecular weight excluding hydrogens is 472 g/mol. The van der Waals surface area contributed by atoms with Crippen LogP contribution in [0.3, 0.4) is 0 Å². The van der Waals surface area contributed by atoms with Crippen molar-refractivity contribution in [1.29, 1.82) is 0 Å². The predicted octanol–water partition coefficient (Wildman–Crippen LogP) is 9.24. The van der Waals surface area contributed by atoms with Gasteiger partial charge in [-0.05, 0) is 97.9 Å². The van der Waals surface area contributed by atoms with Crippen molar-refractivity contribution >= 4 is 0 Å². The molecule has 0 spiro atoms. The molecule has 4 aliphatic carbocycles. The molecule has 0 radical (unpaired) electrons. The summed E-state index contributed by atoms with van der Waals surface area (Å²) in [7, 11) is 3.49. The standard InChI is InChI=1S/C34H52O4/c1-37-33-25-27-19-15-11-7-4-6-10-14-18-22-30-24-32(36)28(26-34(30)38-2)20-16-12-8-3-5-9-13-17-21-29(33)23-31(27)35/h23-26,35-36H,3-22H2,1-2H3. The summed E-state index contributed by atoms with van der Waals surface area (Å²) in [6.45, 7) is 0. The number of hydrogen-bond acceptors (Lipinski definition) is 4. The van der Waals surface area contributed by atoms with Gasteiger partial charge in [0.2, 0.25) is 0 Å². The molecule has 0 aromatic heterocycles. The lowest BCUT2D eigenvalue weighted by molar-refractivity contribution is 0.403. The number of benzene rings is 2. The van der Waals surface area contributed by atoms with Gasteiger partial charge in [0.15, 0.2) is 0 Å². The maximum atomic E-state index is 10.6. The number of rotatable bonds is 2. The van der Waals surface area contributed by atoms with Gasteiger partial charge in [-0.1, -0.05) is 77.0 Å². The van der Waals surface area contributed by atoms with Gasteiger partial charge in [0, 0.05) is 0 Å². The minimum absolute atomic E-state index is 0.438. The lowest BCUT2D eigenvalue weighted by atomic mass is 9.97. The van der Waals surface area contributed by atoms with E-state index in [4.69, 9.17) is 9.47 Å². The van der Waals surface area contributed by atoms with E-state index >= 15 is 0 Å². The second-order valence-electron chi connectivity index (χ2n) is 11.2. The van der Waals surface area contributed by atoms with Crippen LogP contribution in [0.15, 0.2) is 24.3 Å². The van der Waals surface area contributed by atoms with Gasteiger partial charge >= 0.3 is 0 Å². The van der Waals surface area contributed by atoms with Crippen LogP contribution in [0.1, 0.15) is 125 Å². The summed E-state index contributed by atoms with van der Waals surface area (Å²) in [6, 6.07) is 8.04. The van der Waals surface area contributed by atoms with Crippen LogP contribution in [0.2, 0.25) is 0 Å². The van der Waals surface area contributed by atoms with E-state index in [1.54, 1.807) is 14.2 Å². The number of hydrogen-bond donors (Lipinski definition) is 2. The Morgan fingerprint density at radius 3 is 0.947 bits per heavy atom. The van der Waals surface area contributed by atoms with Gasteiger partial charge < -0.3 is 19.7 Å². The molecule has 0 fully saturated rings. The quantitative estimate of drug-likeness (QED) is 0.411. The van der Waals surface area contributed by atoms with Gasteiger partial charge in [-0.15, -0.1) is 0 Å². The summed E-state index contributed by atoms with van der Waals surface area (Å²) in [5.74, 6) is 2.75. The normalized spacial score (nSPS) is 17.9. The average Bonchev–Trinajstić information content (AvgIpc) is 2.92. The Bertz CT molecular complexity index is 874. The first-order valence-corrected chi connectivity index (χ1v) is 15.4. The van der Waals surface area contributed by atoms with Crippen molar-refractivity contribution in [1.82, 2.24) is 0 Å². The van der Waals surface area contributed by atoms with Crippen molar-refractivity contribution in [3.05, 3.63) is 46.5 Å². The summed E-state index contributed by atoms with van der Waals surface area (Å²) >= 11 is 0. The first-order chi connectivity index (χ1) is 18.6. The highest BCUT2D eigenvalue weighted by Crippen LogP contribution is 2.32. The zero-order chi connectivity index (χ0) is 27.0.